The Balaban J connectivity index is 1.88. The molecule has 1 heterocycles. The topological polar surface area (TPSA) is 70.9 Å². The Morgan fingerprint density at radius 2 is 2.16 bits per heavy atom. The van der Waals surface area contributed by atoms with Crippen molar-refractivity contribution in [2.24, 2.45) is 4.99 Å². The van der Waals surface area contributed by atoms with Crippen molar-refractivity contribution >= 4 is 68.8 Å². The van der Waals surface area contributed by atoms with Crippen LogP contribution in [-0.4, -0.2) is 23.3 Å². The maximum atomic E-state index is 12.2. The van der Waals surface area contributed by atoms with Crippen LogP contribution in [0.5, 0.6) is 11.5 Å². The highest BCUT2D eigenvalue weighted by molar-refractivity contribution is 14.1. The molecule has 1 amide bonds. The summed E-state index contributed by atoms with van der Waals surface area (Å²) in [7, 11) is 1.48. The number of hydrogen-bond donors (Lipinski definition) is 2. The van der Waals surface area contributed by atoms with Crippen molar-refractivity contribution in [2.75, 3.05) is 7.11 Å². The van der Waals surface area contributed by atoms with Gasteiger partial charge in [0.05, 0.1) is 21.3 Å². The van der Waals surface area contributed by atoms with Gasteiger partial charge in [0.2, 0.25) is 0 Å². The maximum absolute atomic E-state index is 12.2. The second-order valence-corrected chi connectivity index (χ2v) is 7.64. The fraction of sp³-hybridized carbons (Fsp3) is 0.0588. The van der Waals surface area contributed by atoms with E-state index in [4.69, 9.17) is 16.3 Å². The van der Waals surface area contributed by atoms with Crippen LogP contribution in [0.1, 0.15) is 5.56 Å². The normalized spacial score (nSPS) is 17.2. The van der Waals surface area contributed by atoms with Gasteiger partial charge in [0, 0.05) is 5.02 Å². The van der Waals surface area contributed by atoms with Crippen LogP contribution in [0.15, 0.2) is 46.3 Å². The third-order valence-corrected chi connectivity index (χ3v) is 5.23. The van der Waals surface area contributed by atoms with E-state index in [0.29, 0.717) is 30.1 Å². The van der Waals surface area contributed by atoms with Crippen LogP contribution in [0.2, 0.25) is 5.02 Å². The van der Waals surface area contributed by atoms with Crippen LogP contribution in [0, 0.1) is 3.57 Å². The van der Waals surface area contributed by atoms with Crippen LogP contribution in [0.3, 0.4) is 0 Å². The van der Waals surface area contributed by atoms with Crippen molar-refractivity contribution < 1.29 is 14.6 Å². The molecule has 2 N–H and O–H groups in total. The maximum Gasteiger partial charge on any atom is 0.264 e. The third-order valence-electron chi connectivity index (χ3n) is 3.26. The van der Waals surface area contributed by atoms with Gasteiger partial charge in [0.25, 0.3) is 5.91 Å². The van der Waals surface area contributed by atoms with Gasteiger partial charge in [-0.2, -0.15) is 0 Å². The average Bonchev–Trinajstić information content (AvgIpc) is 2.90. The monoisotopic (exact) mass is 486 g/mol. The number of amidine groups is 1. The molecular formula is C17H12ClIN2O3S. The van der Waals surface area contributed by atoms with E-state index in [9.17, 15) is 9.90 Å². The summed E-state index contributed by atoms with van der Waals surface area (Å²) >= 11 is 9.19. The van der Waals surface area contributed by atoms with Crippen molar-refractivity contribution in [3.8, 4) is 11.5 Å². The van der Waals surface area contributed by atoms with Crippen LogP contribution < -0.4 is 10.1 Å². The first-order chi connectivity index (χ1) is 12.0. The van der Waals surface area contributed by atoms with Gasteiger partial charge >= 0.3 is 0 Å². The summed E-state index contributed by atoms with van der Waals surface area (Å²) in [5.41, 5.74) is 1.41. The molecule has 0 saturated carbocycles. The zero-order chi connectivity index (χ0) is 18.0. The van der Waals surface area contributed by atoms with Gasteiger partial charge in [0.1, 0.15) is 0 Å². The second kappa shape index (κ2) is 7.67. The molecule has 3 rings (SSSR count). The van der Waals surface area contributed by atoms with Crippen LogP contribution >= 0.6 is 46.0 Å². The van der Waals surface area contributed by atoms with Crippen LogP contribution in [-0.2, 0) is 4.79 Å². The molecule has 5 nitrogen and oxygen atoms in total. The summed E-state index contributed by atoms with van der Waals surface area (Å²) in [6.45, 7) is 0. The predicted octanol–water partition coefficient (Wildman–Crippen LogP) is 4.55. The fourth-order valence-electron chi connectivity index (χ4n) is 2.13. The second-order valence-electron chi connectivity index (χ2n) is 5.02. The number of nitrogens with one attached hydrogen (secondary N) is 1. The number of benzene rings is 2. The molecule has 1 saturated heterocycles. The zero-order valence-corrected chi connectivity index (χ0v) is 16.6. The molecule has 2 aromatic rings. The van der Waals surface area contributed by atoms with Crippen molar-refractivity contribution in [3.05, 3.63) is 55.5 Å². The minimum absolute atomic E-state index is 0.0805. The first kappa shape index (κ1) is 18.1. The summed E-state index contributed by atoms with van der Waals surface area (Å²) in [6.07, 6.45) is 1.73. The largest absolute Gasteiger partial charge is 0.504 e. The number of amides is 1. The van der Waals surface area contributed by atoms with Crippen molar-refractivity contribution in [2.45, 2.75) is 0 Å². The number of halogens is 2. The van der Waals surface area contributed by atoms with Gasteiger partial charge in [-0.05, 0) is 76.3 Å². The number of phenolic OH excluding ortho intramolecular Hbond substituents is 1. The lowest BCUT2D eigenvalue weighted by atomic mass is 10.2. The summed E-state index contributed by atoms with van der Waals surface area (Å²) in [6, 6.07) is 10.5. The molecule has 0 bridgehead atoms. The number of carbonyl (C=O) groups is 1. The molecule has 1 aliphatic heterocycles. The Kier molecular flexibility index (Phi) is 5.55. The van der Waals surface area contributed by atoms with Gasteiger partial charge in [-0.25, -0.2) is 4.99 Å². The highest BCUT2D eigenvalue weighted by Crippen LogP contribution is 2.35. The number of aliphatic imine (C=N–C) groups is 1. The highest BCUT2D eigenvalue weighted by atomic mass is 127. The highest BCUT2D eigenvalue weighted by Gasteiger charge is 2.24. The Labute approximate surface area is 167 Å². The van der Waals surface area contributed by atoms with E-state index in [1.165, 1.54) is 18.9 Å². The molecule has 0 aliphatic carbocycles. The molecule has 128 valence electrons. The van der Waals surface area contributed by atoms with E-state index in [1.807, 2.05) is 22.6 Å². The Morgan fingerprint density at radius 1 is 1.36 bits per heavy atom. The molecule has 0 aromatic heterocycles. The summed E-state index contributed by atoms with van der Waals surface area (Å²) < 4.78 is 5.78. The number of carbonyl (C=O) groups excluding carboxylic acids is 1. The zero-order valence-electron chi connectivity index (χ0n) is 12.9. The molecular weight excluding hydrogens is 475 g/mol. The van der Waals surface area contributed by atoms with Gasteiger partial charge in [-0.1, -0.05) is 17.7 Å². The number of rotatable bonds is 3. The number of hydrogen-bond acceptors (Lipinski definition) is 5. The van der Waals surface area contributed by atoms with E-state index < -0.39 is 0 Å². The summed E-state index contributed by atoms with van der Waals surface area (Å²) in [4.78, 5) is 17.0. The van der Waals surface area contributed by atoms with Crippen LogP contribution in [0.4, 0.5) is 5.69 Å². The molecule has 0 unspecified atom stereocenters. The minimum Gasteiger partial charge on any atom is -0.504 e. The van der Waals surface area contributed by atoms with Crippen LogP contribution in [0.25, 0.3) is 6.08 Å². The van der Waals surface area contributed by atoms with Crippen molar-refractivity contribution in [1.82, 2.24) is 5.32 Å². The van der Waals surface area contributed by atoms with E-state index in [0.717, 1.165) is 5.56 Å². The number of aromatic hydroxyl groups is 1. The molecule has 1 aliphatic rings. The van der Waals surface area contributed by atoms with E-state index >= 15 is 0 Å². The molecule has 25 heavy (non-hydrogen) atoms. The molecule has 0 spiro atoms. The van der Waals surface area contributed by atoms with E-state index in [-0.39, 0.29) is 11.7 Å². The van der Waals surface area contributed by atoms with Crippen molar-refractivity contribution in [3.63, 3.8) is 0 Å². The summed E-state index contributed by atoms with van der Waals surface area (Å²) in [5.74, 6) is 0.208. The smallest absolute Gasteiger partial charge is 0.264 e. The number of thioether (sulfide) groups is 1. The lowest BCUT2D eigenvalue weighted by Gasteiger charge is -2.06. The molecule has 1 fully saturated rings. The standard InChI is InChI=1S/C17H12ClIN2O3S/c1-24-13-6-9(5-12(19)15(13)22)7-14-16(23)21-17(25-14)20-11-4-2-3-10(18)8-11/h2-8,22H,1H3,(H,20,21,23)/b14-7+. The van der Waals surface area contributed by atoms with Gasteiger partial charge in [-0.15, -0.1) is 0 Å². The Hall–Kier alpha value is -1.71. The lowest BCUT2D eigenvalue weighted by Crippen LogP contribution is -2.19. The Bertz CT molecular complexity index is 915. The predicted molar refractivity (Wildman–Crippen MR) is 110 cm³/mol. The number of methoxy groups -OCH3 is 1. The molecule has 8 heteroatoms. The first-order valence-electron chi connectivity index (χ1n) is 7.08. The van der Waals surface area contributed by atoms with Crippen molar-refractivity contribution in [1.29, 1.82) is 0 Å². The quantitative estimate of drug-likeness (QED) is 0.493. The van der Waals surface area contributed by atoms with E-state index in [2.05, 4.69) is 10.3 Å². The van der Waals surface area contributed by atoms with Gasteiger partial charge < -0.3 is 15.2 Å². The molecule has 0 atom stereocenters. The van der Waals surface area contributed by atoms with E-state index in [1.54, 1.807) is 42.5 Å². The molecule has 0 radical (unpaired) electrons. The third kappa shape index (κ3) is 4.28. The Morgan fingerprint density at radius 3 is 2.88 bits per heavy atom. The number of ether oxygens (including phenoxy) is 1. The van der Waals surface area contributed by atoms with Gasteiger partial charge in [-0.3, -0.25) is 4.79 Å². The molecule has 2 aromatic carbocycles. The average molecular weight is 487 g/mol. The lowest BCUT2D eigenvalue weighted by molar-refractivity contribution is -0.115. The number of phenols is 1. The first-order valence-corrected chi connectivity index (χ1v) is 9.35. The van der Waals surface area contributed by atoms with Gasteiger partial charge in [0.15, 0.2) is 16.7 Å². The SMILES string of the molecule is COc1cc(/C=C2/SC(=Nc3cccc(Cl)c3)NC2=O)cc(I)c1O. The fourth-order valence-corrected chi connectivity index (χ4v) is 3.78. The number of nitrogens with zero attached hydrogens (tertiary/aromatic N) is 1. The summed E-state index contributed by atoms with van der Waals surface area (Å²) in [5, 5.41) is 13.7. The minimum atomic E-state index is -0.229.